The summed E-state index contributed by atoms with van der Waals surface area (Å²) in [5.74, 6) is -1.05. The Bertz CT molecular complexity index is 983. The molecule has 3 rings (SSSR count). The second-order valence-electron chi connectivity index (χ2n) is 7.11. The van der Waals surface area contributed by atoms with Gasteiger partial charge in [0.1, 0.15) is 11.5 Å². The highest BCUT2D eigenvalue weighted by Crippen LogP contribution is 2.40. The Kier molecular flexibility index (Phi) is 6.28. The van der Waals surface area contributed by atoms with Crippen LogP contribution >= 0.6 is 11.6 Å². The number of likely N-dealkylation sites (tertiary alicyclic amines) is 1. The van der Waals surface area contributed by atoms with Crippen molar-refractivity contribution in [1.29, 1.82) is 0 Å². The summed E-state index contributed by atoms with van der Waals surface area (Å²) in [5, 5.41) is 11.3. The Hall–Kier alpha value is -2.79. The average molecular weight is 414 g/mol. The average Bonchev–Trinajstić information content (AvgIpc) is 2.96. The number of ketones is 1. The number of unbranched alkanes of at least 4 members (excludes halogenated alkanes) is 1. The summed E-state index contributed by atoms with van der Waals surface area (Å²) in [5.41, 5.74) is 2.25. The zero-order valence-corrected chi connectivity index (χ0v) is 17.5. The van der Waals surface area contributed by atoms with Gasteiger partial charge in [-0.3, -0.25) is 9.59 Å². The van der Waals surface area contributed by atoms with E-state index in [-0.39, 0.29) is 11.3 Å². The molecule has 1 aliphatic rings. The van der Waals surface area contributed by atoms with Crippen LogP contribution in [-0.4, -0.2) is 35.4 Å². The highest BCUT2D eigenvalue weighted by molar-refractivity contribution is 6.46. The third-order valence-corrected chi connectivity index (χ3v) is 5.37. The van der Waals surface area contributed by atoms with E-state index in [0.717, 1.165) is 24.0 Å². The number of hydrogen-bond donors (Lipinski definition) is 1. The molecule has 0 aliphatic carbocycles. The van der Waals surface area contributed by atoms with E-state index in [1.807, 2.05) is 38.1 Å². The highest BCUT2D eigenvalue weighted by Gasteiger charge is 2.45. The number of carbonyl (C=O) groups excluding carboxylic acids is 2. The molecular formula is C23H24ClNO4. The molecule has 1 N–H and O–H groups in total. The molecule has 1 atom stereocenters. The number of benzene rings is 2. The normalized spacial score (nSPS) is 18.3. The van der Waals surface area contributed by atoms with E-state index in [1.165, 1.54) is 13.2 Å². The predicted octanol–water partition coefficient (Wildman–Crippen LogP) is 4.88. The van der Waals surface area contributed by atoms with Crippen molar-refractivity contribution in [3.8, 4) is 5.75 Å². The summed E-state index contributed by atoms with van der Waals surface area (Å²) in [6.07, 6.45) is 1.65. The van der Waals surface area contributed by atoms with Gasteiger partial charge in [0.25, 0.3) is 11.7 Å². The van der Waals surface area contributed by atoms with Gasteiger partial charge in [-0.05, 0) is 37.1 Å². The molecule has 0 aromatic heterocycles. The molecule has 2 aromatic rings. The lowest BCUT2D eigenvalue weighted by molar-refractivity contribution is -0.139. The Morgan fingerprint density at radius 3 is 2.59 bits per heavy atom. The molecular weight excluding hydrogens is 390 g/mol. The number of aliphatic hydroxyl groups is 1. The van der Waals surface area contributed by atoms with Crippen molar-refractivity contribution in [2.45, 2.75) is 32.7 Å². The van der Waals surface area contributed by atoms with E-state index in [9.17, 15) is 14.7 Å². The summed E-state index contributed by atoms with van der Waals surface area (Å²) < 4.78 is 5.15. The van der Waals surface area contributed by atoms with Crippen LogP contribution in [0.2, 0.25) is 5.02 Å². The lowest BCUT2D eigenvalue weighted by Crippen LogP contribution is -2.30. The first-order valence-electron chi connectivity index (χ1n) is 9.58. The van der Waals surface area contributed by atoms with Crippen molar-refractivity contribution in [3.05, 3.63) is 69.8 Å². The van der Waals surface area contributed by atoms with Crippen LogP contribution in [0.25, 0.3) is 5.76 Å². The van der Waals surface area contributed by atoms with E-state index < -0.39 is 17.7 Å². The number of aryl methyl sites for hydroxylation is 1. The van der Waals surface area contributed by atoms with Gasteiger partial charge in [0.05, 0.1) is 23.7 Å². The van der Waals surface area contributed by atoms with Crippen LogP contribution < -0.4 is 4.74 Å². The zero-order valence-electron chi connectivity index (χ0n) is 16.7. The molecule has 2 aromatic carbocycles. The minimum absolute atomic E-state index is 0.0814. The number of hydrogen-bond acceptors (Lipinski definition) is 4. The first kappa shape index (κ1) is 20.9. The lowest BCUT2D eigenvalue weighted by Gasteiger charge is -2.25. The van der Waals surface area contributed by atoms with E-state index in [1.54, 1.807) is 17.0 Å². The predicted molar refractivity (Wildman–Crippen MR) is 113 cm³/mol. The fourth-order valence-electron chi connectivity index (χ4n) is 3.60. The zero-order chi connectivity index (χ0) is 21.1. The number of amides is 1. The first-order chi connectivity index (χ1) is 13.9. The number of Topliss-reactive ketones (excluding diaryl/α,β-unsaturated/α-hetero) is 1. The summed E-state index contributed by atoms with van der Waals surface area (Å²) >= 11 is 6.20. The van der Waals surface area contributed by atoms with Gasteiger partial charge in [-0.1, -0.05) is 54.8 Å². The Morgan fingerprint density at radius 2 is 1.97 bits per heavy atom. The maximum atomic E-state index is 12.9. The summed E-state index contributed by atoms with van der Waals surface area (Å²) in [7, 11) is 1.50. The quantitative estimate of drug-likeness (QED) is 0.416. The van der Waals surface area contributed by atoms with Crippen molar-refractivity contribution >= 4 is 29.1 Å². The largest absolute Gasteiger partial charge is 0.507 e. The van der Waals surface area contributed by atoms with Gasteiger partial charge in [-0.2, -0.15) is 0 Å². The van der Waals surface area contributed by atoms with Crippen LogP contribution in [0.1, 0.15) is 42.5 Å². The fourth-order valence-corrected chi connectivity index (χ4v) is 3.85. The van der Waals surface area contributed by atoms with Crippen LogP contribution in [0.5, 0.6) is 5.75 Å². The summed E-state index contributed by atoms with van der Waals surface area (Å²) in [6.45, 7) is 4.42. The van der Waals surface area contributed by atoms with Crippen molar-refractivity contribution in [2.24, 2.45) is 0 Å². The molecule has 6 heteroatoms. The number of aliphatic hydroxyl groups excluding tert-OH is 1. The van der Waals surface area contributed by atoms with Crippen LogP contribution in [0, 0.1) is 6.92 Å². The molecule has 29 heavy (non-hydrogen) atoms. The number of carbonyl (C=O) groups is 2. The van der Waals surface area contributed by atoms with Crippen LogP contribution in [0.4, 0.5) is 0 Å². The SMILES string of the molecule is CCCCN1C(=O)C(=O)/C(=C(\O)c2ccc(OC)c(Cl)c2)C1c1cccc(C)c1. The van der Waals surface area contributed by atoms with Crippen molar-refractivity contribution in [3.63, 3.8) is 0 Å². The second-order valence-corrected chi connectivity index (χ2v) is 7.52. The summed E-state index contributed by atoms with van der Waals surface area (Å²) in [6, 6.07) is 11.8. The highest BCUT2D eigenvalue weighted by atomic mass is 35.5. The maximum Gasteiger partial charge on any atom is 0.295 e. The first-order valence-corrected chi connectivity index (χ1v) is 9.95. The third kappa shape index (κ3) is 4.01. The monoisotopic (exact) mass is 413 g/mol. The molecule has 0 bridgehead atoms. The lowest BCUT2D eigenvalue weighted by atomic mass is 9.94. The third-order valence-electron chi connectivity index (χ3n) is 5.08. The molecule has 152 valence electrons. The van der Waals surface area contributed by atoms with Gasteiger partial charge in [0.15, 0.2) is 0 Å². The second kappa shape index (κ2) is 8.70. The van der Waals surface area contributed by atoms with Gasteiger partial charge >= 0.3 is 0 Å². The van der Waals surface area contributed by atoms with E-state index >= 15 is 0 Å². The molecule has 1 amide bonds. The minimum Gasteiger partial charge on any atom is -0.507 e. The topological polar surface area (TPSA) is 66.8 Å². The molecule has 1 heterocycles. The molecule has 0 saturated carbocycles. The molecule has 1 fully saturated rings. The van der Waals surface area contributed by atoms with Crippen molar-refractivity contribution in [1.82, 2.24) is 4.90 Å². The van der Waals surface area contributed by atoms with E-state index in [0.29, 0.717) is 22.9 Å². The van der Waals surface area contributed by atoms with Crippen molar-refractivity contribution in [2.75, 3.05) is 13.7 Å². The Morgan fingerprint density at radius 1 is 1.21 bits per heavy atom. The maximum absolute atomic E-state index is 12.9. The molecule has 1 aliphatic heterocycles. The van der Waals surface area contributed by atoms with Gasteiger partial charge in [-0.15, -0.1) is 0 Å². The fraction of sp³-hybridized carbons (Fsp3) is 0.304. The minimum atomic E-state index is -0.683. The molecule has 1 saturated heterocycles. The molecule has 0 radical (unpaired) electrons. The smallest absolute Gasteiger partial charge is 0.295 e. The standard InChI is InChI=1S/C23H24ClNO4/c1-4-5-11-25-20(15-8-6-7-14(2)12-15)19(22(27)23(25)28)21(26)16-9-10-18(29-3)17(24)13-16/h6-10,12-13,20,26H,4-5,11H2,1-3H3/b21-19-. The van der Waals surface area contributed by atoms with Gasteiger partial charge in [0, 0.05) is 12.1 Å². The number of rotatable bonds is 6. The van der Waals surface area contributed by atoms with Gasteiger partial charge in [0.2, 0.25) is 0 Å². The van der Waals surface area contributed by atoms with Crippen LogP contribution in [0.3, 0.4) is 0 Å². The Balaban J connectivity index is 2.17. The van der Waals surface area contributed by atoms with E-state index in [4.69, 9.17) is 16.3 Å². The number of nitrogens with zero attached hydrogens (tertiary/aromatic N) is 1. The molecule has 5 nitrogen and oxygen atoms in total. The number of ether oxygens (including phenoxy) is 1. The molecule has 1 unspecified atom stereocenters. The number of methoxy groups -OCH3 is 1. The number of halogens is 1. The van der Waals surface area contributed by atoms with Crippen LogP contribution in [-0.2, 0) is 9.59 Å². The van der Waals surface area contributed by atoms with E-state index in [2.05, 4.69) is 0 Å². The van der Waals surface area contributed by atoms with Crippen LogP contribution in [0.15, 0.2) is 48.0 Å². The van der Waals surface area contributed by atoms with Crippen molar-refractivity contribution < 1.29 is 19.4 Å². The Labute approximate surface area is 175 Å². The molecule has 0 spiro atoms. The summed E-state index contributed by atoms with van der Waals surface area (Å²) in [4.78, 5) is 27.2. The van der Waals surface area contributed by atoms with Gasteiger partial charge < -0.3 is 14.7 Å². The van der Waals surface area contributed by atoms with Gasteiger partial charge in [-0.25, -0.2) is 0 Å².